The van der Waals surface area contributed by atoms with E-state index in [2.05, 4.69) is 6.92 Å². The molecule has 1 N–H and O–H groups in total. The molecule has 0 rings (SSSR count). The normalized spacial score (nSPS) is 15.4. The van der Waals surface area contributed by atoms with E-state index < -0.39 is 24.1 Å². The van der Waals surface area contributed by atoms with Crippen LogP contribution in [0.2, 0.25) is 0 Å². The lowest BCUT2D eigenvalue weighted by Crippen LogP contribution is -2.32. The van der Waals surface area contributed by atoms with Crippen LogP contribution in [-0.4, -0.2) is 35.4 Å². The number of hydrogen-bond donors (Lipinski definition) is 1. The molecule has 0 amide bonds. The summed E-state index contributed by atoms with van der Waals surface area (Å²) in [6.07, 6.45) is 2.90. The molecule has 0 spiro atoms. The van der Waals surface area contributed by atoms with E-state index in [1.165, 1.54) is 26.7 Å². The van der Waals surface area contributed by atoms with Crippen LogP contribution in [0.1, 0.15) is 59.8 Å². The van der Waals surface area contributed by atoms with Gasteiger partial charge in [0.05, 0.1) is 6.10 Å². The molecule has 0 saturated carbocycles. The van der Waals surface area contributed by atoms with Crippen LogP contribution in [0.4, 0.5) is 0 Å². The van der Waals surface area contributed by atoms with Gasteiger partial charge in [0, 0.05) is 0 Å². The Bertz CT molecular complexity index is 275. The summed E-state index contributed by atoms with van der Waals surface area (Å²) >= 11 is 0. The standard InChI is InChI=1S/C14H26O5/c1-5-6-7-8-9-10(2)18-14(17)12(4)19-13(16)11(3)15/h10-12,15H,5-9H2,1-4H3/t10-,11+,12+/m0/s1. The van der Waals surface area contributed by atoms with Crippen LogP contribution in [0.5, 0.6) is 0 Å². The third-order valence-electron chi connectivity index (χ3n) is 2.75. The third kappa shape index (κ3) is 8.59. The van der Waals surface area contributed by atoms with Crippen molar-refractivity contribution in [2.45, 2.75) is 78.1 Å². The average molecular weight is 274 g/mol. The predicted octanol–water partition coefficient (Wildman–Crippen LogP) is 2.20. The van der Waals surface area contributed by atoms with Gasteiger partial charge in [-0.25, -0.2) is 9.59 Å². The van der Waals surface area contributed by atoms with Crippen molar-refractivity contribution in [1.82, 2.24) is 0 Å². The first-order chi connectivity index (χ1) is 8.88. The number of carbonyl (C=O) groups excluding carboxylic acids is 2. The van der Waals surface area contributed by atoms with Gasteiger partial charge in [0.15, 0.2) is 6.10 Å². The molecule has 0 unspecified atom stereocenters. The number of esters is 2. The smallest absolute Gasteiger partial charge is 0.347 e. The van der Waals surface area contributed by atoms with Gasteiger partial charge >= 0.3 is 11.9 Å². The molecule has 0 aliphatic carbocycles. The number of hydrogen-bond acceptors (Lipinski definition) is 5. The predicted molar refractivity (Wildman–Crippen MR) is 71.5 cm³/mol. The average Bonchev–Trinajstić information content (AvgIpc) is 2.34. The summed E-state index contributed by atoms with van der Waals surface area (Å²) in [5.74, 6) is -1.39. The van der Waals surface area contributed by atoms with Gasteiger partial charge in [-0.15, -0.1) is 0 Å². The lowest BCUT2D eigenvalue weighted by atomic mass is 10.1. The zero-order valence-electron chi connectivity index (χ0n) is 12.3. The summed E-state index contributed by atoms with van der Waals surface area (Å²) in [6.45, 7) is 6.69. The summed E-state index contributed by atoms with van der Waals surface area (Å²) in [7, 11) is 0. The van der Waals surface area contributed by atoms with Gasteiger partial charge in [0.2, 0.25) is 0 Å². The van der Waals surface area contributed by atoms with Crippen LogP contribution in [-0.2, 0) is 19.1 Å². The van der Waals surface area contributed by atoms with E-state index >= 15 is 0 Å². The van der Waals surface area contributed by atoms with Crippen LogP contribution < -0.4 is 0 Å². The van der Waals surface area contributed by atoms with Gasteiger partial charge < -0.3 is 14.6 Å². The Labute approximate surface area is 115 Å². The minimum atomic E-state index is -1.23. The van der Waals surface area contributed by atoms with E-state index in [9.17, 15) is 9.59 Å². The molecule has 0 aliphatic rings. The first-order valence-corrected chi connectivity index (χ1v) is 6.97. The minimum absolute atomic E-state index is 0.183. The summed E-state index contributed by atoms with van der Waals surface area (Å²) in [4.78, 5) is 22.7. The first-order valence-electron chi connectivity index (χ1n) is 6.97. The summed E-state index contributed by atoms with van der Waals surface area (Å²) in [5.41, 5.74) is 0. The zero-order chi connectivity index (χ0) is 14.8. The third-order valence-corrected chi connectivity index (χ3v) is 2.75. The highest BCUT2D eigenvalue weighted by Gasteiger charge is 2.23. The molecule has 0 aromatic heterocycles. The Hall–Kier alpha value is -1.10. The fourth-order valence-electron chi connectivity index (χ4n) is 1.53. The summed E-state index contributed by atoms with van der Waals surface area (Å²) < 4.78 is 9.93. The monoisotopic (exact) mass is 274 g/mol. The highest BCUT2D eigenvalue weighted by atomic mass is 16.6. The minimum Gasteiger partial charge on any atom is -0.460 e. The Morgan fingerprint density at radius 2 is 1.63 bits per heavy atom. The lowest BCUT2D eigenvalue weighted by Gasteiger charge is -2.17. The van der Waals surface area contributed by atoms with Crippen LogP contribution in [0, 0.1) is 0 Å². The largest absolute Gasteiger partial charge is 0.460 e. The molecule has 3 atom stereocenters. The molecule has 5 heteroatoms. The van der Waals surface area contributed by atoms with Crippen molar-refractivity contribution in [1.29, 1.82) is 0 Å². The van der Waals surface area contributed by atoms with Crippen LogP contribution in [0.15, 0.2) is 0 Å². The second-order valence-corrected chi connectivity index (χ2v) is 4.85. The number of aliphatic hydroxyl groups is 1. The molecular formula is C14H26O5. The van der Waals surface area contributed by atoms with Gasteiger partial charge in [-0.1, -0.05) is 26.2 Å². The molecule has 5 nitrogen and oxygen atoms in total. The van der Waals surface area contributed by atoms with Crippen LogP contribution >= 0.6 is 0 Å². The molecule has 0 heterocycles. The van der Waals surface area contributed by atoms with Crippen molar-refractivity contribution in [3.63, 3.8) is 0 Å². The maximum absolute atomic E-state index is 11.6. The van der Waals surface area contributed by atoms with Crippen molar-refractivity contribution >= 4 is 11.9 Å². The molecular weight excluding hydrogens is 248 g/mol. The fourth-order valence-corrected chi connectivity index (χ4v) is 1.53. The summed E-state index contributed by atoms with van der Waals surface area (Å²) in [6, 6.07) is 0. The molecule has 0 aliphatic heterocycles. The van der Waals surface area contributed by atoms with Gasteiger partial charge in [-0.3, -0.25) is 0 Å². The number of rotatable bonds is 9. The van der Waals surface area contributed by atoms with Crippen LogP contribution in [0.25, 0.3) is 0 Å². The highest BCUT2D eigenvalue weighted by molar-refractivity contribution is 5.80. The number of aliphatic hydroxyl groups excluding tert-OH is 1. The number of unbranched alkanes of at least 4 members (excludes halogenated alkanes) is 3. The van der Waals surface area contributed by atoms with Gasteiger partial charge in [0.25, 0.3) is 0 Å². The van der Waals surface area contributed by atoms with Crippen molar-refractivity contribution in [2.75, 3.05) is 0 Å². The maximum atomic E-state index is 11.6. The second kappa shape index (κ2) is 9.78. The molecule has 19 heavy (non-hydrogen) atoms. The molecule has 112 valence electrons. The Morgan fingerprint density at radius 1 is 1.00 bits per heavy atom. The molecule has 0 fully saturated rings. The Morgan fingerprint density at radius 3 is 2.16 bits per heavy atom. The van der Waals surface area contributed by atoms with Gasteiger partial charge in [-0.05, 0) is 33.6 Å². The highest BCUT2D eigenvalue weighted by Crippen LogP contribution is 2.09. The zero-order valence-corrected chi connectivity index (χ0v) is 12.3. The molecule has 0 aromatic carbocycles. The fraction of sp³-hybridized carbons (Fsp3) is 0.857. The molecule has 0 aromatic rings. The van der Waals surface area contributed by atoms with Gasteiger partial charge in [0.1, 0.15) is 6.10 Å². The topological polar surface area (TPSA) is 72.8 Å². The van der Waals surface area contributed by atoms with E-state index in [1.54, 1.807) is 0 Å². The van der Waals surface area contributed by atoms with E-state index in [0.29, 0.717) is 0 Å². The van der Waals surface area contributed by atoms with Crippen molar-refractivity contribution < 1.29 is 24.2 Å². The summed E-state index contributed by atoms with van der Waals surface area (Å²) in [5, 5.41) is 8.97. The quantitative estimate of drug-likeness (QED) is 0.515. The number of ether oxygens (including phenoxy) is 2. The number of carbonyl (C=O) groups is 2. The van der Waals surface area contributed by atoms with Crippen molar-refractivity contribution in [3.8, 4) is 0 Å². The van der Waals surface area contributed by atoms with Crippen LogP contribution in [0.3, 0.4) is 0 Å². The maximum Gasteiger partial charge on any atom is 0.347 e. The van der Waals surface area contributed by atoms with E-state index in [0.717, 1.165) is 19.3 Å². The Kier molecular flexibility index (Phi) is 9.21. The van der Waals surface area contributed by atoms with E-state index in [4.69, 9.17) is 14.6 Å². The molecule has 0 radical (unpaired) electrons. The first kappa shape index (κ1) is 17.9. The van der Waals surface area contributed by atoms with E-state index in [-0.39, 0.29) is 6.10 Å². The van der Waals surface area contributed by atoms with E-state index in [1.807, 2.05) is 6.92 Å². The van der Waals surface area contributed by atoms with Gasteiger partial charge in [-0.2, -0.15) is 0 Å². The Balaban J connectivity index is 3.91. The SMILES string of the molecule is CCCCCC[C@H](C)OC(=O)[C@@H](C)OC(=O)[C@@H](C)O. The van der Waals surface area contributed by atoms with Crippen molar-refractivity contribution in [2.24, 2.45) is 0 Å². The molecule has 0 saturated heterocycles. The molecule has 0 bridgehead atoms. The van der Waals surface area contributed by atoms with Crippen molar-refractivity contribution in [3.05, 3.63) is 0 Å². The second-order valence-electron chi connectivity index (χ2n) is 4.85. The lowest BCUT2D eigenvalue weighted by molar-refractivity contribution is -0.174.